The number of imidazole rings is 2. The molecule has 0 unspecified atom stereocenters. The van der Waals surface area contributed by atoms with E-state index in [1.165, 1.54) is 29.1 Å². The van der Waals surface area contributed by atoms with Gasteiger partial charge in [-0.15, -0.1) is 0 Å². The number of fused-ring (bicyclic) bond motifs is 1. The van der Waals surface area contributed by atoms with Crippen LogP contribution < -0.4 is 4.57 Å². The molecule has 0 aliphatic carbocycles. The topological polar surface area (TPSA) is 26.1 Å². The van der Waals surface area contributed by atoms with Crippen LogP contribution in [0, 0.1) is 13.8 Å². The van der Waals surface area contributed by atoms with Crippen LogP contribution in [-0.4, -0.2) is 14.0 Å². The van der Waals surface area contributed by atoms with Crippen LogP contribution in [0.25, 0.3) is 11.6 Å². The van der Waals surface area contributed by atoms with Gasteiger partial charge in [-0.25, -0.2) is 4.57 Å². The van der Waals surface area contributed by atoms with E-state index in [1.807, 2.05) is 0 Å². The predicted molar refractivity (Wildman–Crippen MR) is 74.5 cm³/mol. The summed E-state index contributed by atoms with van der Waals surface area (Å²) in [6.07, 6.45) is 1.84. The average molecular weight is 263 g/mol. The van der Waals surface area contributed by atoms with Gasteiger partial charge in [0.1, 0.15) is 5.69 Å². The van der Waals surface area contributed by atoms with Crippen LogP contribution >= 0.6 is 0 Å². The molecule has 0 atom stereocenters. The van der Waals surface area contributed by atoms with E-state index in [-0.39, 0.29) is 11.3 Å². The van der Waals surface area contributed by atoms with Crippen molar-refractivity contribution in [3.8, 4) is 5.82 Å². The Bertz CT molecular complexity index is 1010. The lowest BCUT2D eigenvalue weighted by molar-refractivity contribution is -0.666. The molecule has 0 aliphatic heterocycles. The van der Waals surface area contributed by atoms with Gasteiger partial charge in [0.05, 0.1) is 18.9 Å². The summed E-state index contributed by atoms with van der Waals surface area (Å²) >= 11 is 0. The molecule has 0 aromatic carbocycles. The largest absolute Gasteiger partial charge is 0.311 e. The highest BCUT2D eigenvalue weighted by molar-refractivity contribution is 5.45. The summed E-state index contributed by atoms with van der Waals surface area (Å²) in [5, 5.41) is 0. The zero-order valence-corrected chi connectivity index (χ0v) is 10.7. The van der Waals surface area contributed by atoms with Gasteiger partial charge in [0, 0.05) is 36.3 Å². The summed E-state index contributed by atoms with van der Waals surface area (Å²) < 4.78 is 66.4. The fraction of sp³-hybridized carbons (Fsp3) is 0.333. The minimum Gasteiger partial charge on any atom is -0.266 e. The Morgan fingerprint density at radius 3 is 3.11 bits per heavy atom. The van der Waals surface area contributed by atoms with Crippen LogP contribution in [0.1, 0.15) is 34.8 Å². The number of aromatic nitrogens is 4. The normalized spacial score (nSPS) is 19.7. The zero-order valence-electron chi connectivity index (χ0n) is 18.7. The van der Waals surface area contributed by atoms with Gasteiger partial charge < -0.3 is 0 Å². The molecule has 4 nitrogen and oxygen atoms in total. The molecule has 0 saturated carbocycles. The third-order valence-corrected chi connectivity index (χ3v) is 3.19. The molecule has 0 saturated heterocycles. The maximum atomic E-state index is 8.19. The van der Waals surface area contributed by atoms with E-state index < -0.39 is 20.1 Å². The lowest BCUT2D eigenvalue weighted by atomic mass is 10.2. The Labute approximate surface area is 124 Å². The van der Waals surface area contributed by atoms with Gasteiger partial charge in [0.25, 0.3) is 5.82 Å². The first-order valence-corrected chi connectivity index (χ1v) is 5.82. The quantitative estimate of drug-likeness (QED) is 0.650. The summed E-state index contributed by atoms with van der Waals surface area (Å²) in [6.45, 7) is -3.51. The standard InChI is InChI=1S/C15H19N4/c1-5-13-12(3)19(15-16-8-9-18(13)15)14-7-6-11(2)10-17(14)4/h6-10H,5H2,1-4H3/q+1/i1D3,2D3,5D2. The third kappa shape index (κ3) is 1.67. The van der Waals surface area contributed by atoms with E-state index in [0.717, 1.165) is 0 Å². The summed E-state index contributed by atoms with van der Waals surface area (Å²) in [5.74, 6) is 0.872. The van der Waals surface area contributed by atoms with Crippen molar-refractivity contribution in [2.45, 2.75) is 27.0 Å². The van der Waals surface area contributed by atoms with E-state index in [1.54, 1.807) is 29.2 Å². The number of nitrogens with zero attached hydrogens (tertiary/aromatic N) is 4. The van der Waals surface area contributed by atoms with Gasteiger partial charge in [0.15, 0.2) is 0 Å². The smallest absolute Gasteiger partial charge is 0.266 e. The van der Waals surface area contributed by atoms with Crippen molar-refractivity contribution in [2.24, 2.45) is 7.05 Å². The first-order chi connectivity index (χ1) is 12.3. The van der Waals surface area contributed by atoms with Gasteiger partial charge in [0.2, 0.25) is 0 Å². The Morgan fingerprint density at radius 2 is 2.37 bits per heavy atom. The average Bonchev–Trinajstić information content (AvgIpc) is 3.05. The van der Waals surface area contributed by atoms with Gasteiger partial charge in [-0.05, 0) is 24.9 Å². The Morgan fingerprint density at radius 1 is 1.47 bits per heavy atom. The number of pyridine rings is 1. The van der Waals surface area contributed by atoms with Crippen LogP contribution in [0.4, 0.5) is 0 Å². The minimum absolute atomic E-state index is 0.0186. The van der Waals surface area contributed by atoms with Crippen molar-refractivity contribution in [3.63, 3.8) is 0 Å². The first kappa shape index (κ1) is 5.90. The zero-order chi connectivity index (χ0) is 20.4. The third-order valence-electron chi connectivity index (χ3n) is 3.19. The van der Waals surface area contributed by atoms with Crippen molar-refractivity contribution in [1.29, 1.82) is 0 Å². The molecule has 3 rings (SSSR count). The molecular formula is C15H19N4+. The predicted octanol–water partition coefficient (Wildman–Crippen LogP) is 2.13. The van der Waals surface area contributed by atoms with Gasteiger partial charge in [-0.2, -0.15) is 9.55 Å². The van der Waals surface area contributed by atoms with Gasteiger partial charge in [-0.3, -0.25) is 4.40 Å². The van der Waals surface area contributed by atoms with Crippen molar-refractivity contribution in [1.82, 2.24) is 14.0 Å². The van der Waals surface area contributed by atoms with Crippen LogP contribution in [0.15, 0.2) is 30.7 Å². The van der Waals surface area contributed by atoms with Crippen molar-refractivity contribution in [2.75, 3.05) is 0 Å². The Balaban J connectivity index is 2.30. The minimum atomic E-state index is -2.87. The highest BCUT2D eigenvalue weighted by Crippen LogP contribution is 2.19. The molecule has 0 bridgehead atoms. The van der Waals surface area contributed by atoms with Gasteiger partial charge in [-0.1, -0.05) is 6.85 Å². The Kier molecular flexibility index (Phi) is 1.31. The molecular weight excluding hydrogens is 236 g/mol. The summed E-state index contributed by atoms with van der Waals surface area (Å²) in [6, 6.07) is 3.07. The monoisotopic (exact) mass is 263 g/mol. The molecule has 0 N–H and O–H groups in total. The maximum absolute atomic E-state index is 8.19. The van der Waals surface area contributed by atoms with E-state index in [9.17, 15) is 0 Å². The number of hydrogen-bond acceptors (Lipinski definition) is 1. The lowest BCUT2D eigenvalue weighted by Gasteiger charge is -2.03. The second kappa shape index (κ2) is 4.23. The maximum Gasteiger partial charge on any atom is 0.311 e. The number of hydrogen-bond donors (Lipinski definition) is 0. The van der Waals surface area contributed by atoms with Crippen LogP contribution in [-0.2, 0) is 13.4 Å². The van der Waals surface area contributed by atoms with Crippen molar-refractivity contribution < 1.29 is 15.5 Å². The molecule has 3 aromatic rings. The van der Waals surface area contributed by atoms with Crippen molar-refractivity contribution >= 4 is 5.78 Å². The summed E-state index contributed by atoms with van der Waals surface area (Å²) in [7, 11) is 1.67. The fourth-order valence-corrected chi connectivity index (χ4v) is 2.32. The lowest BCUT2D eigenvalue weighted by Crippen LogP contribution is -2.34. The molecule has 0 spiro atoms. The second-order valence-electron chi connectivity index (χ2n) is 4.38. The summed E-state index contributed by atoms with van der Waals surface area (Å²) in [4.78, 5) is 4.24. The number of aryl methyl sites for hydroxylation is 3. The molecule has 0 radical (unpaired) electrons. The summed E-state index contributed by atoms with van der Waals surface area (Å²) in [5.41, 5.74) is 0.516. The Hall–Kier alpha value is -2.10. The van der Waals surface area contributed by atoms with Crippen LogP contribution in [0.5, 0.6) is 0 Å². The van der Waals surface area contributed by atoms with E-state index >= 15 is 0 Å². The molecule has 4 heteroatoms. The second-order valence-corrected chi connectivity index (χ2v) is 4.38. The van der Waals surface area contributed by atoms with E-state index in [2.05, 4.69) is 4.98 Å². The molecule has 19 heavy (non-hydrogen) atoms. The van der Waals surface area contributed by atoms with Crippen LogP contribution in [0.3, 0.4) is 0 Å². The SMILES string of the molecule is [2H]C([2H])([2H])c1ccc(-n2c(C)c(C([2H])([2H])C([2H])([2H])[2H])n3ccnc23)[n+](C)c1. The number of rotatable bonds is 2. The molecule has 98 valence electrons. The molecule has 3 heterocycles. The van der Waals surface area contributed by atoms with Gasteiger partial charge >= 0.3 is 5.78 Å². The molecule has 3 aromatic heterocycles. The first-order valence-electron chi connectivity index (χ1n) is 9.82. The van der Waals surface area contributed by atoms with Crippen LogP contribution in [0.2, 0.25) is 0 Å². The molecule has 0 amide bonds. The molecule has 0 fully saturated rings. The highest BCUT2D eigenvalue weighted by Gasteiger charge is 2.23. The van der Waals surface area contributed by atoms with E-state index in [4.69, 9.17) is 11.0 Å². The highest BCUT2D eigenvalue weighted by atomic mass is 15.3. The fourth-order valence-electron chi connectivity index (χ4n) is 2.32. The van der Waals surface area contributed by atoms with E-state index in [0.29, 0.717) is 17.3 Å². The molecule has 0 aliphatic rings. The van der Waals surface area contributed by atoms with Crippen molar-refractivity contribution in [3.05, 3.63) is 47.7 Å².